The second-order valence-electron chi connectivity index (χ2n) is 3.59. The van der Waals surface area contributed by atoms with Gasteiger partial charge in [0.25, 0.3) is 8.53 Å². The van der Waals surface area contributed by atoms with Crippen LogP contribution in [0.5, 0.6) is 0 Å². The highest BCUT2D eigenvalue weighted by molar-refractivity contribution is 7.44. The van der Waals surface area contributed by atoms with Crippen molar-refractivity contribution in [2.75, 3.05) is 19.8 Å². The van der Waals surface area contributed by atoms with Gasteiger partial charge in [0.05, 0.1) is 19.8 Å². The third-order valence-corrected chi connectivity index (χ3v) is 3.89. The summed E-state index contributed by atoms with van der Waals surface area (Å²) in [5.41, 5.74) is 1.21. The van der Waals surface area contributed by atoms with Crippen LogP contribution in [0, 0.1) is 12.3 Å². The quantitative estimate of drug-likeness (QED) is 0.531. The maximum Gasteiger partial charge on any atom is 0.259 e. The average Bonchev–Trinajstić information content (AvgIpc) is 2.39. The van der Waals surface area contributed by atoms with E-state index in [-0.39, 0.29) is 0 Å². The summed E-state index contributed by atoms with van der Waals surface area (Å²) in [6, 6.07) is 10.2. The zero-order valence-electron chi connectivity index (χ0n) is 11.0. The van der Waals surface area contributed by atoms with Crippen LogP contribution in [0.25, 0.3) is 0 Å². The summed E-state index contributed by atoms with van der Waals surface area (Å²) in [6.45, 7) is 6.45. The second kappa shape index (κ2) is 9.08. The highest BCUT2D eigenvalue weighted by atomic mass is 31.2. The Bertz CT molecular complexity index is 358. The Morgan fingerprint density at radius 3 is 2.28 bits per heavy atom. The van der Waals surface area contributed by atoms with Crippen molar-refractivity contribution in [3.63, 3.8) is 0 Å². The molecule has 1 aromatic carbocycles. The predicted molar refractivity (Wildman–Crippen MR) is 75.9 cm³/mol. The normalized spacial score (nSPS) is 10.8. The molecule has 0 heterocycles. The molecule has 0 N–H and O–H groups in total. The van der Waals surface area contributed by atoms with Gasteiger partial charge in [-0.15, -0.1) is 6.42 Å². The van der Waals surface area contributed by atoms with E-state index in [4.69, 9.17) is 15.5 Å². The first-order valence-electron chi connectivity index (χ1n) is 6.10. The van der Waals surface area contributed by atoms with Gasteiger partial charge in [0.1, 0.15) is 0 Å². The van der Waals surface area contributed by atoms with Gasteiger partial charge < -0.3 is 9.05 Å². The molecular formula is C14H20NO2P. The Kier molecular flexibility index (Phi) is 7.64. The Balaban J connectivity index is 2.70. The molecule has 0 radical (unpaired) electrons. The molecule has 0 aliphatic carbocycles. The lowest BCUT2D eigenvalue weighted by atomic mass is 10.2. The van der Waals surface area contributed by atoms with E-state index in [0.29, 0.717) is 19.8 Å². The lowest BCUT2D eigenvalue weighted by Gasteiger charge is -2.27. The molecule has 1 aromatic rings. The Labute approximate surface area is 111 Å². The second-order valence-corrected chi connectivity index (χ2v) is 5.14. The third kappa shape index (κ3) is 5.16. The molecule has 0 atom stereocenters. The van der Waals surface area contributed by atoms with Crippen molar-refractivity contribution >= 4 is 8.53 Å². The number of terminal acetylenes is 1. The minimum Gasteiger partial charge on any atom is -0.322 e. The highest BCUT2D eigenvalue weighted by Gasteiger charge is 2.20. The molecule has 4 heteroatoms. The van der Waals surface area contributed by atoms with Gasteiger partial charge in [0, 0.05) is 6.54 Å². The van der Waals surface area contributed by atoms with Crippen LogP contribution < -0.4 is 0 Å². The zero-order chi connectivity index (χ0) is 13.2. The highest BCUT2D eigenvalue weighted by Crippen LogP contribution is 2.43. The van der Waals surface area contributed by atoms with Gasteiger partial charge in [-0.2, -0.15) is 0 Å². The van der Waals surface area contributed by atoms with Gasteiger partial charge in [-0.25, -0.2) is 4.67 Å². The third-order valence-electron chi connectivity index (χ3n) is 2.19. The Morgan fingerprint density at radius 1 is 1.17 bits per heavy atom. The molecule has 0 aromatic heterocycles. The van der Waals surface area contributed by atoms with Crippen molar-refractivity contribution in [2.45, 2.75) is 20.4 Å². The summed E-state index contributed by atoms with van der Waals surface area (Å²) in [7, 11) is -1.06. The van der Waals surface area contributed by atoms with Crippen molar-refractivity contribution in [2.24, 2.45) is 0 Å². The number of hydrogen-bond acceptors (Lipinski definition) is 3. The first-order chi connectivity index (χ1) is 8.81. The lowest BCUT2D eigenvalue weighted by Crippen LogP contribution is -2.20. The van der Waals surface area contributed by atoms with E-state index in [1.54, 1.807) is 0 Å². The van der Waals surface area contributed by atoms with Crippen molar-refractivity contribution in [1.82, 2.24) is 4.67 Å². The van der Waals surface area contributed by atoms with Gasteiger partial charge in [0.2, 0.25) is 0 Å². The van der Waals surface area contributed by atoms with Gasteiger partial charge in [-0.05, 0) is 19.4 Å². The molecule has 18 heavy (non-hydrogen) atoms. The molecule has 3 nitrogen and oxygen atoms in total. The molecule has 0 spiro atoms. The first kappa shape index (κ1) is 15.1. The molecule has 0 saturated heterocycles. The Hall–Kier alpha value is -0.910. The fourth-order valence-electron chi connectivity index (χ4n) is 1.49. The largest absolute Gasteiger partial charge is 0.322 e. The van der Waals surface area contributed by atoms with Gasteiger partial charge in [0.15, 0.2) is 0 Å². The molecule has 1 rings (SSSR count). The van der Waals surface area contributed by atoms with Crippen LogP contribution in [-0.4, -0.2) is 24.4 Å². The molecule has 0 aliphatic heterocycles. The van der Waals surface area contributed by atoms with E-state index in [2.05, 4.69) is 22.7 Å². The summed E-state index contributed by atoms with van der Waals surface area (Å²) >= 11 is 0. The maximum absolute atomic E-state index is 5.64. The molecule has 0 bridgehead atoms. The molecule has 0 amide bonds. The van der Waals surface area contributed by atoms with E-state index in [1.165, 1.54) is 5.56 Å². The van der Waals surface area contributed by atoms with Crippen LogP contribution in [0.1, 0.15) is 19.4 Å². The number of nitrogens with zero attached hydrogens (tertiary/aromatic N) is 1. The monoisotopic (exact) mass is 265 g/mol. The summed E-state index contributed by atoms with van der Waals surface area (Å²) in [5.74, 6) is 2.67. The first-order valence-corrected chi connectivity index (χ1v) is 7.23. The minimum absolute atomic E-state index is 0.528. The van der Waals surface area contributed by atoms with Crippen molar-refractivity contribution in [1.29, 1.82) is 0 Å². The van der Waals surface area contributed by atoms with E-state index >= 15 is 0 Å². The summed E-state index contributed by atoms with van der Waals surface area (Å²) in [4.78, 5) is 0. The molecule has 0 saturated carbocycles. The predicted octanol–water partition coefficient (Wildman–Crippen LogP) is 3.42. The van der Waals surface area contributed by atoms with Crippen LogP contribution >= 0.6 is 8.53 Å². The van der Waals surface area contributed by atoms with Crippen LogP contribution in [0.2, 0.25) is 0 Å². The minimum atomic E-state index is -1.06. The smallest absolute Gasteiger partial charge is 0.259 e. The van der Waals surface area contributed by atoms with Crippen molar-refractivity contribution in [3.8, 4) is 12.3 Å². The van der Waals surface area contributed by atoms with Crippen molar-refractivity contribution < 1.29 is 9.05 Å². The molecular weight excluding hydrogens is 245 g/mol. The molecule has 0 unspecified atom stereocenters. The fraction of sp³-hybridized carbons (Fsp3) is 0.429. The van der Waals surface area contributed by atoms with Crippen molar-refractivity contribution in [3.05, 3.63) is 35.9 Å². The van der Waals surface area contributed by atoms with Gasteiger partial charge >= 0.3 is 0 Å². The fourth-order valence-corrected chi connectivity index (χ4v) is 2.81. The van der Waals surface area contributed by atoms with E-state index in [9.17, 15) is 0 Å². The van der Waals surface area contributed by atoms with Crippen LogP contribution in [0.3, 0.4) is 0 Å². The SMILES string of the molecule is C#CCN(Cc1ccccc1)P(OCC)OCC. The van der Waals surface area contributed by atoms with Crippen LogP contribution in [0.4, 0.5) is 0 Å². The average molecular weight is 265 g/mol. The summed E-state index contributed by atoms with van der Waals surface area (Å²) in [5, 5.41) is 0. The van der Waals surface area contributed by atoms with Crippen LogP contribution in [-0.2, 0) is 15.6 Å². The molecule has 0 aliphatic rings. The van der Waals surface area contributed by atoms with Gasteiger partial charge in [-0.1, -0.05) is 36.3 Å². The maximum atomic E-state index is 5.64. The summed E-state index contributed by atoms with van der Waals surface area (Å²) < 4.78 is 13.4. The van der Waals surface area contributed by atoms with Crippen LogP contribution in [0.15, 0.2) is 30.3 Å². The molecule has 0 fully saturated rings. The van der Waals surface area contributed by atoms with E-state index in [0.717, 1.165) is 6.54 Å². The number of rotatable bonds is 8. The molecule has 98 valence electrons. The topological polar surface area (TPSA) is 21.7 Å². The number of benzene rings is 1. The van der Waals surface area contributed by atoms with Gasteiger partial charge in [-0.3, -0.25) is 0 Å². The Morgan fingerprint density at radius 2 is 1.78 bits per heavy atom. The standard InChI is InChI=1S/C14H20NO2P/c1-4-12-15(18(16-5-2)17-6-3)13-14-10-8-7-9-11-14/h1,7-11H,5-6,12-13H2,2-3H3. The van der Waals surface area contributed by atoms with E-state index < -0.39 is 8.53 Å². The summed E-state index contributed by atoms with van der Waals surface area (Å²) in [6.07, 6.45) is 5.42. The number of hydrogen-bond donors (Lipinski definition) is 0. The zero-order valence-corrected chi connectivity index (χ0v) is 11.9. The van der Waals surface area contributed by atoms with E-state index in [1.807, 2.05) is 32.0 Å². The lowest BCUT2D eigenvalue weighted by molar-refractivity contribution is 0.221.